The van der Waals surface area contributed by atoms with E-state index in [1.165, 1.54) is 0 Å². The van der Waals surface area contributed by atoms with E-state index in [2.05, 4.69) is 25.3 Å². The molecule has 56 valence electrons. The predicted octanol–water partition coefficient (Wildman–Crippen LogP) is 0.364. The van der Waals surface area contributed by atoms with Gasteiger partial charge in [-0.2, -0.15) is 0 Å². The minimum absolute atomic E-state index is 0.341. The summed E-state index contributed by atoms with van der Waals surface area (Å²) in [6, 6.07) is 0. The Hall–Kier alpha value is 0.137. The van der Waals surface area contributed by atoms with Crippen LogP contribution in [-0.2, 0) is 4.43 Å². The third kappa shape index (κ3) is 4.63. The Labute approximate surface area is 60.2 Å². The topological polar surface area (TPSA) is 12.5 Å². The average molecular weight is 147 g/mol. The molecule has 0 atom stereocenters. The summed E-state index contributed by atoms with van der Waals surface area (Å²) in [6.45, 7) is 9.57. The van der Waals surface area contributed by atoms with Gasteiger partial charge >= 0.3 is 0 Å². The van der Waals surface area contributed by atoms with Crippen molar-refractivity contribution in [3.8, 4) is 0 Å². The molecular formula is C6H17NOSi. The molecule has 0 saturated heterocycles. The molecule has 0 aromatic heterocycles. The van der Waals surface area contributed by atoms with E-state index in [0.717, 1.165) is 19.7 Å². The SMILES string of the molecule is CCO[SiH2]N(CC)CC. The Balaban J connectivity index is 3.09. The van der Waals surface area contributed by atoms with Crippen LogP contribution in [0.25, 0.3) is 0 Å². The van der Waals surface area contributed by atoms with E-state index in [1.807, 2.05) is 0 Å². The molecule has 0 heterocycles. The smallest absolute Gasteiger partial charge is 0.238 e. The zero-order valence-corrected chi connectivity index (χ0v) is 8.10. The molecule has 3 heteroatoms. The van der Waals surface area contributed by atoms with Crippen molar-refractivity contribution < 1.29 is 4.43 Å². The van der Waals surface area contributed by atoms with Crippen LogP contribution in [0.15, 0.2) is 0 Å². The second kappa shape index (κ2) is 6.26. The van der Waals surface area contributed by atoms with E-state index in [1.54, 1.807) is 0 Å². The first-order valence-corrected chi connectivity index (χ1v) is 4.86. The van der Waals surface area contributed by atoms with Crippen molar-refractivity contribution in [1.82, 2.24) is 4.57 Å². The van der Waals surface area contributed by atoms with Gasteiger partial charge in [0.15, 0.2) is 0 Å². The van der Waals surface area contributed by atoms with E-state index < -0.39 is 0 Å². The van der Waals surface area contributed by atoms with Gasteiger partial charge in [-0.3, -0.25) is 0 Å². The maximum absolute atomic E-state index is 5.34. The highest BCUT2D eigenvalue weighted by Crippen LogP contribution is 1.82. The molecule has 0 unspecified atom stereocenters. The van der Waals surface area contributed by atoms with E-state index in [4.69, 9.17) is 4.43 Å². The lowest BCUT2D eigenvalue weighted by Crippen LogP contribution is -2.29. The zero-order valence-electron chi connectivity index (χ0n) is 6.68. The highest BCUT2D eigenvalue weighted by molar-refractivity contribution is 6.23. The first-order valence-electron chi connectivity index (χ1n) is 3.65. The minimum atomic E-state index is -0.341. The van der Waals surface area contributed by atoms with Crippen LogP contribution in [0.2, 0.25) is 0 Å². The highest BCUT2D eigenvalue weighted by atomic mass is 28.2. The van der Waals surface area contributed by atoms with Crippen molar-refractivity contribution >= 4 is 9.92 Å². The summed E-state index contributed by atoms with van der Waals surface area (Å²) in [7, 11) is -0.341. The number of hydrogen-bond acceptors (Lipinski definition) is 2. The second-order valence-electron chi connectivity index (χ2n) is 1.93. The summed E-state index contributed by atoms with van der Waals surface area (Å²) < 4.78 is 7.72. The second-order valence-corrected chi connectivity index (χ2v) is 3.49. The quantitative estimate of drug-likeness (QED) is 0.521. The lowest BCUT2D eigenvalue weighted by Gasteiger charge is -2.16. The molecule has 0 N–H and O–H groups in total. The number of nitrogens with zero attached hydrogens (tertiary/aromatic N) is 1. The minimum Gasteiger partial charge on any atom is -0.409 e. The van der Waals surface area contributed by atoms with Crippen molar-refractivity contribution in [2.45, 2.75) is 20.8 Å². The monoisotopic (exact) mass is 147 g/mol. The van der Waals surface area contributed by atoms with Gasteiger partial charge in [0.25, 0.3) is 0 Å². The number of hydrogen-bond donors (Lipinski definition) is 0. The molecule has 0 aliphatic carbocycles. The molecule has 0 rings (SSSR count). The van der Waals surface area contributed by atoms with Crippen LogP contribution < -0.4 is 0 Å². The van der Waals surface area contributed by atoms with Gasteiger partial charge < -0.3 is 8.99 Å². The average Bonchev–Trinajstić information content (AvgIpc) is 1.91. The van der Waals surface area contributed by atoms with Gasteiger partial charge in [0, 0.05) is 6.61 Å². The van der Waals surface area contributed by atoms with Crippen LogP contribution in [0, 0.1) is 0 Å². The molecule has 0 aromatic rings. The molecule has 2 nitrogen and oxygen atoms in total. The Morgan fingerprint density at radius 2 is 1.78 bits per heavy atom. The van der Waals surface area contributed by atoms with Crippen LogP contribution >= 0.6 is 0 Å². The molecule has 0 aromatic carbocycles. The van der Waals surface area contributed by atoms with Crippen molar-refractivity contribution in [3.05, 3.63) is 0 Å². The van der Waals surface area contributed by atoms with Crippen LogP contribution in [0.1, 0.15) is 20.8 Å². The maximum atomic E-state index is 5.34. The third-order valence-electron chi connectivity index (χ3n) is 1.37. The van der Waals surface area contributed by atoms with Crippen molar-refractivity contribution in [1.29, 1.82) is 0 Å². The van der Waals surface area contributed by atoms with Gasteiger partial charge in [-0.05, 0) is 20.0 Å². The summed E-state index contributed by atoms with van der Waals surface area (Å²) in [4.78, 5) is 0. The Morgan fingerprint density at radius 3 is 2.11 bits per heavy atom. The first-order chi connectivity index (χ1) is 4.35. The molecule has 0 spiro atoms. The van der Waals surface area contributed by atoms with Crippen LogP contribution in [-0.4, -0.2) is 34.2 Å². The Morgan fingerprint density at radius 1 is 1.22 bits per heavy atom. The molecule has 0 radical (unpaired) electrons. The molecule has 9 heavy (non-hydrogen) atoms. The molecule has 0 fully saturated rings. The van der Waals surface area contributed by atoms with Crippen LogP contribution in [0.5, 0.6) is 0 Å². The predicted molar refractivity (Wildman–Crippen MR) is 43.1 cm³/mol. The molecule has 0 saturated carbocycles. The van der Waals surface area contributed by atoms with E-state index in [9.17, 15) is 0 Å². The molecule has 0 aliphatic heterocycles. The van der Waals surface area contributed by atoms with Gasteiger partial charge in [-0.25, -0.2) is 0 Å². The van der Waals surface area contributed by atoms with E-state index in [-0.39, 0.29) is 9.92 Å². The summed E-state index contributed by atoms with van der Waals surface area (Å²) >= 11 is 0. The fraction of sp³-hybridized carbons (Fsp3) is 1.00. The van der Waals surface area contributed by atoms with Gasteiger partial charge in [-0.15, -0.1) is 0 Å². The molecule has 0 bridgehead atoms. The lowest BCUT2D eigenvalue weighted by molar-refractivity contribution is 0.304. The molecule has 0 aliphatic rings. The van der Waals surface area contributed by atoms with Gasteiger partial charge in [-0.1, -0.05) is 13.8 Å². The fourth-order valence-corrected chi connectivity index (χ4v) is 1.43. The van der Waals surface area contributed by atoms with Gasteiger partial charge in [0.1, 0.15) is 0 Å². The summed E-state index contributed by atoms with van der Waals surface area (Å²) in [5, 5.41) is 0. The normalized spacial score (nSPS) is 12.0. The summed E-state index contributed by atoms with van der Waals surface area (Å²) in [5.41, 5.74) is 0. The van der Waals surface area contributed by atoms with Gasteiger partial charge in [0.2, 0.25) is 9.92 Å². The highest BCUT2D eigenvalue weighted by Gasteiger charge is 1.96. The molecular weight excluding hydrogens is 130 g/mol. The fourth-order valence-electron chi connectivity index (χ4n) is 0.627. The Kier molecular flexibility index (Phi) is 6.35. The first kappa shape index (κ1) is 9.14. The van der Waals surface area contributed by atoms with E-state index in [0.29, 0.717) is 0 Å². The van der Waals surface area contributed by atoms with Crippen molar-refractivity contribution in [3.63, 3.8) is 0 Å². The van der Waals surface area contributed by atoms with Crippen molar-refractivity contribution in [2.75, 3.05) is 19.7 Å². The maximum Gasteiger partial charge on any atom is 0.238 e. The largest absolute Gasteiger partial charge is 0.409 e. The summed E-state index contributed by atoms with van der Waals surface area (Å²) in [5.74, 6) is 0. The third-order valence-corrected chi connectivity index (χ3v) is 3.22. The van der Waals surface area contributed by atoms with Crippen molar-refractivity contribution in [2.24, 2.45) is 0 Å². The lowest BCUT2D eigenvalue weighted by atomic mass is 10.7. The molecule has 0 amide bonds. The standard InChI is InChI=1S/C6H17NOSi/c1-4-7(5-2)9-8-6-3/h4-6,9H2,1-3H3. The van der Waals surface area contributed by atoms with Gasteiger partial charge in [0.05, 0.1) is 0 Å². The van der Waals surface area contributed by atoms with Crippen LogP contribution in [0.4, 0.5) is 0 Å². The zero-order chi connectivity index (χ0) is 7.11. The van der Waals surface area contributed by atoms with Crippen LogP contribution in [0.3, 0.4) is 0 Å². The number of rotatable bonds is 5. The Bertz CT molecular complexity index is 57.0. The van der Waals surface area contributed by atoms with E-state index >= 15 is 0 Å². The summed E-state index contributed by atoms with van der Waals surface area (Å²) in [6.07, 6.45) is 0.